The number of hydrogen-bond donors (Lipinski definition) is 1. The Hall–Kier alpha value is -1.96. The molecule has 8 heteroatoms. The van der Waals surface area contributed by atoms with Crippen molar-refractivity contribution in [2.75, 3.05) is 31.1 Å². The van der Waals surface area contributed by atoms with E-state index in [1.165, 1.54) is 12.4 Å². The van der Waals surface area contributed by atoms with Crippen molar-refractivity contribution in [3.05, 3.63) is 29.8 Å². The Morgan fingerprint density at radius 2 is 1.84 bits per heavy atom. The van der Waals surface area contributed by atoms with Gasteiger partial charge in [0.05, 0.1) is 11.9 Å². The zero-order valence-corrected chi connectivity index (χ0v) is 13.5. The first-order valence-corrected chi connectivity index (χ1v) is 8.31. The first-order valence-electron chi connectivity index (χ1n) is 8.31. The van der Waals surface area contributed by atoms with Crippen LogP contribution in [0.25, 0.3) is 10.9 Å². The summed E-state index contributed by atoms with van der Waals surface area (Å²) < 4.78 is 52.0. The van der Waals surface area contributed by atoms with E-state index in [9.17, 15) is 17.6 Å². The maximum absolute atomic E-state index is 14.0. The van der Waals surface area contributed by atoms with Gasteiger partial charge in [0.1, 0.15) is 18.0 Å². The van der Waals surface area contributed by atoms with Gasteiger partial charge in [0, 0.05) is 30.0 Å². The first kappa shape index (κ1) is 16.5. The third kappa shape index (κ3) is 3.15. The highest BCUT2D eigenvalue weighted by atomic mass is 19.4. The van der Waals surface area contributed by atoms with Crippen molar-refractivity contribution < 1.29 is 17.6 Å². The van der Waals surface area contributed by atoms with Crippen molar-refractivity contribution in [2.45, 2.75) is 25.4 Å². The fourth-order valence-corrected chi connectivity index (χ4v) is 3.90. The third-order valence-electron chi connectivity index (χ3n) is 5.19. The molecule has 2 saturated heterocycles. The van der Waals surface area contributed by atoms with Gasteiger partial charge in [0.15, 0.2) is 0 Å². The average molecular weight is 354 g/mol. The third-order valence-corrected chi connectivity index (χ3v) is 5.19. The molecule has 0 unspecified atom stereocenters. The molecule has 0 radical (unpaired) electrons. The maximum atomic E-state index is 14.0. The summed E-state index contributed by atoms with van der Waals surface area (Å²) in [6, 6.07) is 2.32. The van der Waals surface area contributed by atoms with Crippen LogP contribution in [0.1, 0.15) is 18.4 Å². The lowest BCUT2D eigenvalue weighted by atomic mass is 9.72. The van der Waals surface area contributed by atoms with Gasteiger partial charge in [0.25, 0.3) is 0 Å². The summed E-state index contributed by atoms with van der Waals surface area (Å²) in [6.07, 6.45) is -2.24. The fraction of sp³-hybridized carbons (Fsp3) is 0.529. The second kappa shape index (κ2) is 5.79. The van der Waals surface area contributed by atoms with E-state index < -0.39 is 18.4 Å². The number of halogens is 4. The van der Waals surface area contributed by atoms with Crippen LogP contribution >= 0.6 is 0 Å². The lowest BCUT2D eigenvalue weighted by molar-refractivity contribution is -0.127. The van der Waals surface area contributed by atoms with E-state index in [1.807, 2.05) is 0 Å². The van der Waals surface area contributed by atoms with Gasteiger partial charge in [-0.05, 0) is 37.6 Å². The summed E-state index contributed by atoms with van der Waals surface area (Å²) in [7, 11) is 0. The molecule has 4 nitrogen and oxygen atoms in total. The molecule has 1 N–H and O–H groups in total. The predicted molar refractivity (Wildman–Crippen MR) is 86.0 cm³/mol. The van der Waals surface area contributed by atoms with E-state index in [0.717, 1.165) is 45.1 Å². The van der Waals surface area contributed by atoms with Gasteiger partial charge in [-0.25, -0.2) is 14.4 Å². The lowest BCUT2D eigenvalue weighted by Crippen LogP contribution is -2.60. The number of piperidine rings is 1. The average Bonchev–Trinajstić information content (AvgIpc) is 2.52. The van der Waals surface area contributed by atoms with E-state index in [2.05, 4.69) is 20.2 Å². The van der Waals surface area contributed by atoms with Crippen molar-refractivity contribution in [1.82, 2.24) is 15.3 Å². The molecule has 1 aromatic heterocycles. The summed E-state index contributed by atoms with van der Waals surface area (Å²) in [5.41, 5.74) is 0.227. The van der Waals surface area contributed by atoms with Gasteiger partial charge in [-0.3, -0.25) is 0 Å². The summed E-state index contributed by atoms with van der Waals surface area (Å²) in [6.45, 7) is 3.62. The Labute approximate surface area is 142 Å². The molecule has 1 aromatic carbocycles. The van der Waals surface area contributed by atoms with Crippen LogP contribution in [0, 0.1) is 11.2 Å². The molecule has 2 aromatic rings. The zero-order chi connectivity index (χ0) is 17.7. The van der Waals surface area contributed by atoms with Crippen molar-refractivity contribution >= 4 is 16.7 Å². The van der Waals surface area contributed by atoms with Gasteiger partial charge in [-0.1, -0.05) is 0 Å². The van der Waals surface area contributed by atoms with Crippen LogP contribution in [0.2, 0.25) is 0 Å². The smallest absolute Gasteiger partial charge is 0.355 e. The number of nitrogens with zero attached hydrogens (tertiary/aromatic N) is 3. The second-order valence-electron chi connectivity index (χ2n) is 7.06. The van der Waals surface area contributed by atoms with Crippen LogP contribution in [0.3, 0.4) is 0 Å². The Morgan fingerprint density at radius 1 is 1.12 bits per heavy atom. The van der Waals surface area contributed by atoms with Crippen molar-refractivity contribution in [2.24, 2.45) is 5.41 Å². The lowest BCUT2D eigenvalue weighted by Gasteiger charge is -2.53. The van der Waals surface area contributed by atoms with Gasteiger partial charge < -0.3 is 10.2 Å². The predicted octanol–water partition coefficient (Wildman–Crippen LogP) is 3.06. The quantitative estimate of drug-likeness (QED) is 0.842. The molecular weight excluding hydrogens is 336 g/mol. The second-order valence-corrected chi connectivity index (χ2v) is 7.06. The van der Waals surface area contributed by atoms with Crippen LogP contribution in [-0.2, 0) is 6.42 Å². The van der Waals surface area contributed by atoms with Crippen LogP contribution in [0.5, 0.6) is 0 Å². The molecule has 25 heavy (non-hydrogen) atoms. The number of alkyl halides is 3. The highest BCUT2D eigenvalue weighted by Crippen LogP contribution is 2.42. The molecule has 0 aliphatic carbocycles. The Bertz CT molecular complexity index is 791. The van der Waals surface area contributed by atoms with Gasteiger partial charge in [-0.15, -0.1) is 0 Å². The number of fused-ring (bicyclic) bond motifs is 1. The van der Waals surface area contributed by atoms with Crippen LogP contribution in [0.4, 0.5) is 23.4 Å². The van der Waals surface area contributed by atoms with Crippen LogP contribution in [0.15, 0.2) is 18.5 Å². The minimum atomic E-state index is -4.46. The molecular formula is C17H18F4N4. The minimum Gasteiger partial charge on any atom is -0.355 e. The summed E-state index contributed by atoms with van der Waals surface area (Å²) in [4.78, 5) is 10.3. The fourth-order valence-electron chi connectivity index (χ4n) is 3.90. The summed E-state index contributed by atoms with van der Waals surface area (Å²) in [5.74, 6) is -0.287. The molecule has 134 valence electrons. The van der Waals surface area contributed by atoms with E-state index in [-0.39, 0.29) is 11.0 Å². The van der Waals surface area contributed by atoms with Crippen LogP contribution in [-0.4, -0.2) is 42.3 Å². The van der Waals surface area contributed by atoms with Gasteiger partial charge in [0.2, 0.25) is 0 Å². The number of benzene rings is 1. The summed E-state index contributed by atoms with van der Waals surface area (Å²) in [5, 5.41) is 3.81. The summed E-state index contributed by atoms with van der Waals surface area (Å²) >= 11 is 0. The number of nitrogens with one attached hydrogen (secondary N) is 1. The molecule has 0 bridgehead atoms. The van der Waals surface area contributed by atoms with Gasteiger partial charge >= 0.3 is 6.18 Å². The highest BCUT2D eigenvalue weighted by molar-refractivity contribution is 5.90. The molecule has 0 saturated carbocycles. The normalized spacial score (nSPS) is 20.1. The van der Waals surface area contributed by atoms with E-state index in [0.29, 0.717) is 16.7 Å². The molecule has 0 atom stereocenters. The van der Waals surface area contributed by atoms with Crippen molar-refractivity contribution in [3.8, 4) is 0 Å². The monoisotopic (exact) mass is 354 g/mol. The maximum Gasteiger partial charge on any atom is 0.393 e. The molecule has 1 spiro atoms. The molecule has 2 fully saturated rings. The first-order chi connectivity index (χ1) is 11.9. The van der Waals surface area contributed by atoms with Gasteiger partial charge in [-0.2, -0.15) is 13.2 Å². The molecule has 2 aliphatic rings. The molecule has 4 rings (SSSR count). The van der Waals surface area contributed by atoms with E-state index in [4.69, 9.17) is 0 Å². The molecule has 3 heterocycles. The molecule has 0 amide bonds. The van der Waals surface area contributed by atoms with Crippen molar-refractivity contribution in [3.63, 3.8) is 0 Å². The largest absolute Gasteiger partial charge is 0.393 e. The number of anilines is 1. The Kier molecular flexibility index (Phi) is 3.82. The number of hydrogen-bond acceptors (Lipinski definition) is 4. The highest BCUT2D eigenvalue weighted by Gasteiger charge is 2.44. The number of aromatic nitrogens is 2. The SMILES string of the molecule is Fc1cc2ncnc(N3CC4(CCNCC4)C3)c2cc1CC(F)(F)F. The van der Waals surface area contributed by atoms with Crippen molar-refractivity contribution in [1.29, 1.82) is 0 Å². The zero-order valence-electron chi connectivity index (χ0n) is 13.5. The number of rotatable bonds is 2. The Balaban J connectivity index is 1.66. The standard InChI is InChI=1S/C17H18F4N4/c18-13-6-14-12(5-11(13)7-17(19,20)21)15(24-10-23-14)25-8-16(9-25)1-3-22-4-2-16/h5-6,10,22H,1-4,7-9H2. The van der Waals surface area contributed by atoms with Crippen LogP contribution < -0.4 is 10.2 Å². The molecule has 2 aliphatic heterocycles. The minimum absolute atomic E-state index is 0.261. The van der Waals surface area contributed by atoms with E-state index in [1.54, 1.807) is 0 Å². The Morgan fingerprint density at radius 3 is 2.52 bits per heavy atom. The topological polar surface area (TPSA) is 41.1 Å². The van der Waals surface area contributed by atoms with E-state index >= 15 is 0 Å².